The molecule has 0 N–H and O–H groups in total. The summed E-state index contributed by atoms with van der Waals surface area (Å²) in [5.41, 5.74) is 0.744. The Hall–Kier alpha value is -3.97. The highest BCUT2D eigenvalue weighted by Crippen LogP contribution is 2.54. The first-order chi connectivity index (χ1) is 14.8. The molecule has 0 saturated heterocycles. The van der Waals surface area contributed by atoms with Gasteiger partial charge in [-0.05, 0) is 35.0 Å². The van der Waals surface area contributed by atoms with Crippen molar-refractivity contribution in [1.82, 2.24) is 0 Å². The monoisotopic (exact) mass is 422 g/mol. The molecule has 0 amide bonds. The van der Waals surface area contributed by atoms with E-state index in [1.807, 2.05) is 0 Å². The second-order valence-corrected chi connectivity index (χ2v) is 10.1. The first kappa shape index (κ1) is 15.8. The molecule has 5 aromatic rings. The minimum absolute atomic E-state index is 0.0275. The van der Waals surface area contributed by atoms with E-state index in [4.69, 9.17) is 0 Å². The van der Waals surface area contributed by atoms with Crippen molar-refractivity contribution in [1.29, 1.82) is 0 Å². The van der Waals surface area contributed by atoms with Crippen LogP contribution in [-0.4, -0.2) is 31.6 Å². The maximum absolute atomic E-state index is 13.5. The van der Waals surface area contributed by atoms with Crippen molar-refractivity contribution in [2.24, 2.45) is 0 Å². The summed E-state index contributed by atoms with van der Waals surface area (Å²) in [5, 5.41) is 4.37. The number of fused-ring (bicyclic) bond motifs is 1. The molecule has 0 radical (unpaired) electrons. The maximum Gasteiger partial charge on any atom is 0.234 e. The number of Topliss-reactive ketones (excluding diaryl/α,β-unsaturated/α-hetero) is 4. The SMILES string of the molecule is O=C1C(=O)c2cc3c4c5c(cc6c7c(ccc(c8ccc1c2c84)c75)C(=O)C6=O)S3(=O)=O. The van der Waals surface area contributed by atoms with Gasteiger partial charge < -0.3 is 0 Å². The molecule has 5 aromatic carbocycles. The minimum atomic E-state index is -4.05. The van der Waals surface area contributed by atoms with Crippen LogP contribution < -0.4 is 0 Å². The number of hydrogen-bond donors (Lipinski definition) is 0. The van der Waals surface area contributed by atoms with Crippen LogP contribution in [0.2, 0.25) is 0 Å². The molecule has 2 aliphatic carbocycles. The van der Waals surface area contributed by atoms with Crippen molar-refractivity contribution in [2.75, 3.05) is 0 Å². The van der Waals surface area contributed by atoms with Gasteiger partial charge in [-0.25, -0.2) is 8.42 Å². The lowest BCUT2D eigenvalue weighted by atomic mass is 9.87. The zero-order valence-electron chi connectivity index (χ0n) is 15.3. The van der Waals surface area contributed by atoms with Crippen LogP contribution in [0.4, 0.5) is 0 Å². The van der Waals surface area contributed by atoms with Crippen LogP contribution in [0.15, 0.2) is 46.2 Å². The summed E-state index contributed by atoms with van der Waals surface area (Å²) in [5.74, 6) is -2.71. The number of rotatable bonds is 0. The van der Waals surface area contributed by atoms with Crippen molar-refractivity contribution in [3.8, 4) is 0 Å². The van der Waals surface area contributed by atoms with Crippen LogP contribution in [0.25, 0.3) is 43.1 Å². The standard InChI is InChI=1S/C24H6O6S/c25-21-9-3-1-7-8-2-4-10-16-12(24(28)22(10)26)6-14-20(18(8)16)19-13(31(14,29)30)5-11(23(21)27)15(9)17(7)19/h1-6H. The van der Waals surface area contributed by atoms with Crippen molar-refractivity contribution < 1.29 is 27.6 Å². The van der Waals surface area contributed by atoms with E-state index in [0.717, 1.165) is 0 Å². The van der Waals surface area contributed by atoms with Crippen LogP contribution in [0, 0.1) is 0 Å². The fourth-order valence-electron chi connectivity index (χ4n) is 5.79. The van der Waals surface area contributed by atoms with E-state index >= 15 is 0 Å². The Bertz CT molecular complexity index is 1870. The maximum atomic E-state index is 13.5. The Morgan fingerprint density at radius 2 is 0.839 bits per heavy atom. The third-order valence-corrected chi connectivity index (χ3v) is 8.81. The smallest absolute Gasteiger partial charge is 0.234 e. The molecule has 1 aliphatic heterocycles. The van der Waals surface area contributed by atoms with E-state index in [2.05, 4.69) is 0 Å². The zero-order valence-corrected chi connectivity index (χ0v) is 16.1. The first-order valence-electron chi connectivity index (χ1n) is 9.53. The van der Waals surface area contributed by atoms with Gasteiger partial charge in [-0.2, -0.15) is 0 Å². The van der Waals surface area contributed by atoms with Crippen LogP contribution in [-0.2, 0) is 9.84 Å². The second kappa shape index (κ2) is 4.24. The number of ketones is 4. The molecule has 3 aliphatic rings. The predicted octanol–water partition coefficient (Wildman–Crippen LogP) is 3.64. The fourth-order valence-corrected chi connectivity index (χ4v) is 7.52. The van der Waals surface area contributed by atoms with Gasteiger partial charge in [0, 0.05) is 54.6 Å². The van der Waals surface area contributed by atoms with Gasteiger partial charge in [0.05, 0.1) is 9.79 Å². The van der Waals surface area contributed by atoms with Gasteiger partial charge in [-0.3, -0.25) is 19.2 Å². The van der Waals surface area contributed by atoms with E-state index < -0.39 is 33.0 Å². The number of sulfone groups is 1. The predicted molar refractivity (Wildman–Crippen MR) is 110 cm³/mol. The molecule has 7 heteroatoms. The molecule has 0 spiro atoms. The molecule has 31 heavy (non-hydrogen) atoms. The van der Waals surface area contributed by atoms with Crippen molar-refractivity contribution in [3.63, 3.8) is 0 Å². The summed E-state index contributed by atoms with van der Waals surface area (Å²) >= 11 is 0. The lowest BCUT2D eigenvalue weighted by Gasteiger charge is -2.14. The molecule has 6 nitrogen and oxygen atoms in total. The van der Waals surface area contributed by atoms with E-state index in [1.165, 1.54) is 12.1 Å². The summed E-state index contributed by atoms with van der Waals surface area (Å²) in [4.78, 5) is 50.3. The summed E-state index contributed by atoms with van der Waals surface area (Å²) in [6.45, 7) is 0. The molecule has 0 saturated carbocycles. The molecule has 0 aromatic heterocycles. The van der Waals surface area contributed by atoms with Gasteiger partial charge >= 0.3 is 0 Å². The van der Waals surface area contributed by atoms with E-state index in [0.29, 0.717) is 43.1 Å². The fraction of sp³-hybridized carbons (Fsp3) is 0. The summed E-state index contributed by atoms with van der Waals surface area (Å²) in [6, 6.07) is 9.22. The van der Waals surface area contributed by atoms with Crippen molar-refractivity contribution >= 4 is 76.1 Å². The highest BCUT2D eigenvalue weighted by Gasteiger charge is 2.43. The highest BCUT2D eigenvalue weighted by molar-refractivity contribution is 7.92. The van der Waals surface area contributed by atoms with E-state index in [1.54, 1.807) is 24.3 Å². The Morgan fingerprint density at radius 3 is 1.26 bits per heavy atom. The average molecular weight is 422 g/mol. The first-order valence-corrected chi connectivity index (χ1v) is 11.0. The summed E-state index contributed by atoms with van der Waals surface area (Å²) < 4.78 is 27.1. The van der Waals surface area contributed by atoms with Gasteiger partial charge in [0.25, 0.3) is 0 Å². The normalized spacial score (nSPS) is 17.8. The quantitative estimate of drug-likeness (QED) is 0.210. The molecule has 0 fully saturated rings. The van der Waals surface area contributed by atoms with Crippen molar-refractivity contribution in [3.05, 3.63) is 58.7 Å². The highest BCUT2D eigenvalue weighted by atomic mass is 32.2. The minimum Gasteiger partial charge on any atom is -0.285 e. The Labute approximate surface area is 172 Å². The van der Waals surface area contributed by atoms with Gasteiger partial charge in [0.15, 0.2) is 0 Å². The van der Waals surface area contributed by atoms with E-state index in [-0.39, 0.29) is 32.0 Å². The Balaban J connectivity index is 1.84. The lowest BCUT2D eigenvalue weighted by molar-refractivity contribution is 0.0825. The Morgan fingerprint density at radius 1 is 0.452 bits per heavy atom. The largest absolute Gasteiger partial charge is 0.285 e. The molecule has 8 rings (SSSR count). The topological polar surface area (TPSA) is 102 Å². The van der Waals surface area contributed by atoms with Gasteiger partial charge in [-0.1, -0.05) is 12.1 Å². The number of hydrogen-bond acceptors (Lipinski definition) is 6. The number of benzene rings is 5. The van der Waals surface area contributed by atoms with E-state index in [9.17, 15) is 27.6 Å². The average Bonchev–Trinajstić information content (AvgIpc) is 3.26. The molecule has 144 valence electrons. The van der Waals surface area contributed by atoms with Gasteiger partial charge in [0.1, 0.15) is 0 Å². The third-order valence-electron chi connectivity index (χ3n) is 7.00. The van der Waals surface area contributed by atoms with Crippen LogP contribution in [0.5, 0.6) is 0 Å². The summed E-state index contributed by atoms with van der Waals surface area (Å²) in [6.07, 6.45) is 0. The number of carbonyl (C=O) groups is 4. The summed E-state index contributed by atoms with van der Waals surface area (Å²) in [7, 11) is -4.05. The molecule has 0 unspecified atom stereocenters. The van der Waals surface area contributed by atoms with Crippen LogP contribution in [0.3, 0.4) is 0 Å². The Kier molecular flexibility index (Phi) is 2.16. The lowest BCUT2D eigenvalue weighted by Crippen LogP contribution is -2.07. The van der Waals surface area contributed by atoms with Crippen LogP contribution >= 0.6 is 0 Å². The number of carbonyl (C=O) groups excluding carboxylic acids is 4. The third kappa shape index (κ3) is 1.34. The second-order valence-electron chi connectivity index (χ2n) is 8.24. The molecule has 0 bridgehead atoms. The van der Waals surface area contributed by atoms with Crippen LogP contribution in [0.1, 0.15) is 41.4 Å². The van der Waals surface area contributed by atoms with Gasteiger partial charge in [-0.15, -0.1) is 0 Å². The molecular weight excluding hydrogens is 416 g/mol. The molecule has 1 heterocycles. The zero-order chi connectivity index (χ0) is 21.1. The van der Waals surface area contributed by atoms with Gasteiger partial charge in [0.2, 0.25) is 33.0 Å². The van der Waals surface area contributed by atoms with Crippen molar-refractivity contribution in [2.45, 2.75) is 9.79 Å². The molecular formula is C24H6O6S. The molecule has 0 atom stereocenters.